The van der Waals surface area contributed by atoms with Crippen LogP contribution in [0.5, 0.6) is 0 Å². The van der Waals surface area contributed by atoms with Crippen molar-refractivity contribution < 1.29 is 26.7 Å². The van der Waals surface area contributed by atoms with Crippen molar-refractivity contribution in [1.29, 1.82) is 0 Å². The Bertz CT molecular complexity index is 1630. The van der Waals surface area contributed by atoms with Gasteiger partial charge in [-0.3, -0.25) is 4.98 Å². The summed E-state index contributed by atoms with van der Waals surface area (Å²) in [5.74, 6) is -1.18. The molecule has 4 rings (SSSR count). The van der Waals surface area contributed by atoms with Crippen LogP contribution in [-0.4, -0.2) is 41.0 Å². The molecule has 0 unspecified atom stereocenters. The van der Waals surface area contributed by atoms with Gasteiger partial charge in [0, 0.05) is 18.8 Å². The second-order valence-corrected chi connectivity index (χ2v) is 11.8. The molecule has 0 bridgehead atoms. The highest BCUT2D eigenvalue weighted by atomic mass is 32.2. The van der Waals surface area contributed by atoms with Gasteiger partial charge in [-0.25, -0.2) is 26.0 Å². The minimum atomic E-state index is -4.26. The molecule has 0 atom stereocenters. The number of halogens is 2. The molecule has 0 saturated heterocycles. The molecule has 2 heterocycles. The van der Waals surface area contributed by atoms with Gasteiger partial charge in [0.15, 0.2) is 0 Å². The van der Waals surface area contributed by atoms with Gasteiger partial charge in [-0.05, 0) is 69.7 Å². The summed E-state index contributed by atoms with van der Waals surface area (Å²) in [6, 6.07) is 10.8. The number of anilines is 2. The summed E-state index contributed by atoms with van der Waals surface area (Å²) in [7, 11) is -2.73. The second kappa shape index (κ2) is 12.0. The first-order chi connectivity index (χ1) is 18.7. The summed E-state index contributed by atoms with van der Waals surface area (Å²) in [6.45, 7) is 11.0. The van der Waals surface area contributed by atoms with Crippen molar-refractivity contribution in [3.05, 3.63) is 83.7 Å². The Kier molecular flexibility index (Phi) is 9.19. The molecule has 0 radical (unpaired) electrons. The fraction of sp³-hybridized carbons (Fsp3) is 0.310. The van der Waals surface area contributed by atoms with E-state index in [0.29, 0.717) is 16.8 Å². The number of nitrogens with zero attached hydrogens (tertiary/aromatic N) is 3. The third-order valence-electron chi connectivity index (χ3n) is 5.55. The van der Waals surface area contributed by atoms with Crippen molar-refractivity contribution in [2.24, 2.45) is 0 Å². The zero-order chi connectivity index (χ0) is 29.8. The fourth-order valence-electron chi connectivity index (χ4n) is 3.80. The largest absolute Gasteiger partial charge is 0.444 e. The summed E-state index contributed by atoms with van der Waals surface area (Å²) >= 11 is 0. The van der Waals surface area contributed by atoms with Gasteiger partial charge in [0.05, 0.1) is 40.0 Å². The quantitative estimate of drug-likeness (QED) is 0.268. The molecule has 0 saturated carbocycles. The van der Waals surface area contributed by atoms with Gasteiger partial charge in [0.1, 0.15) is 17.2 Å². The van der Waals surface area contributed by atoms with E-state index in [2.05, 4.69) is 10.3 Å². The van der Waals surface area contributed by atoms with Crippen molar-refractivity contribution in [3.63, 3.8) is 0 Å². The van der Waals surface area contributed by atoms with E-state index >= 15 is 0 Å². The van der Waals surface area contributed by atoms with Crippen molar-refractivity contribution in [1.82, 2.24) is 13.9 Å². The standard InChI is InChI=1S/C27H28F2N4O4S.C2H6/c1-17-9-10-23(22(29)11-17)31-20-13-24-25(30-14-20)18(15-32(5)26(34)37-27(2,3)4)16-33(24)38(35,36)21-8-6-7-19(28)12-21;1-2/h6-14,16,31H,15H2,1-5H3;1-2H3. The average molecular weight is 573 g/mol. The number of fused-ring (bicyclic) bond motifs is 1. The Morgan fingerprint density at radius 3 is 2.42 bits per heavy atom. The highest BCUT2D eigenvalue weighted by molar-refractivity contribution is 7.90. The van der Waals surface area contributed by atoms with Gasteiger partial charge >= 0.3 is 6.09 Å². The molecule has 0 aliphatic carbocycles. The summed E-state index contributed by atoms with van der Waals surface area (Å²) in [5.41, 5.74) is 1.43. The van der Waals surface area contributed by atoms with Gasteiger partial charge in [0.25, 0.3) is 10.0 Å². The number of aryl methyl sites for hydroxylation is 1. The first-order valence-electron chi connectivity index (χ1n) is 12.7. The van der Waals surface area contributed by atoms with Crippen LogP contribution in [0.4, 0.5) is 25.0 Å². The maximum Gasteiger partial charge on any atom is 0.410 e. The molecule has 2 aromatic heterocycles. The Morgan fingerprint density at radius 2 is 1.80 bits per heavy atom. The van der Waals surface area contributed by atoms with Gasteiger partial charge in [-0.15, -0.1) is 0 Å². The number of nitrogens with one attached hydrogen (secondary N) is 1. The lowest BCUT2D eigenvalue weighted by atomic mass is 10.2. The van der Waals surface area contributed by atoms with E-state index in [1.54, 1.807) is 39.8 Å². The van der Waals surface area contributed by atoms with E-state index in [1.165, 1.54) is 48.6 Å². The van der Waals surface area contributed by atoms with Crippen LogP contribution in [0.3, 0.4) is 0 Å². The third kappa shape index (κ3) is 6.95. The van der Waals surface area contributed by atoms with E-state index in [9.17, 15) is 22.0 Å². The SMILES string of the molecule is CC.Cc1ccc(Nc2cnc3c(CN(C)C(=O)OC(C)(C)C)cn(S(=O)(=O)c4cccc(F)c4)c3c2)c(F)c1. The van der Waals surface area contributed by atoms with Crippen molar-refractivity contribution in [3.8, 4) is 0 Å². The summed E-state index contributed by atoms with van der Waals surface area (Å²) in [5, 5.41) is 2.92. The number of ether oxygens (including phenoxy) is 1. The zero-order valence-corrected chi connectivity index (χ0v) is 24.4. The first kappa shape index (κ1) is 30.6. The number of carbonyl (C=O) groups is 1. The van der Waals surface area contributed by atoms with Gasteiger partial charge in [-0.1, -0.05) is 26.0 Å². The second-order valence-electron chi connectivity index (χ2n) is 9.95. The van der Waals surface area contributed by atoms with Crippen LogP contribution >= 0.6 is 0 Å². The van der Waals surface area contributed by atoms with Crippen LogP contribution in [0.1, 0.15) is 45.7 Å². The van der Waals surface area contributed by atoms with Crippen molar-refractivity contribution >= 4 is 38.5 Å². The predicted molar refractivity (Wildman–Crippen MR) is 152 cm³/mol. The molecule has 214 valence electrons. The predicted octanol–water partition coefficient (Wildman–Crippen LogP) is 7.00. The first-order valence-corrected chi connectivity index (χ1v) is 14.2. The van der Waals surface area contributed by atoms with Crippen LogP contribution in [-0.2, 0) is 21.3 Å². The van der Waals surface area contributed by atoms with Gasteiger partial charge in [0.2, 0.25) is 0 Å². The molecule has 40 heavy (non-hydrogen) atoms. The van der Waals surface area contributed by atoms with Gasteiger partial charge < -0.3 is 15.0 Å². The Labute approximate surface area is 233 Å². The van der Waals surface area contributed by atoms with E-state index in [-0.39, 0.29) is 22.6 Å². The summed E-state index contributed by atoms with van der Waals surface area (Å²) in [6.07, 6.45) is 2.19. The van der Waals surface area contributed by atoms with Crippen LogP contribution < -0.4 is 5.32 Å². The Hall–Kier alpha value is -3.99. The number of aromatic nitrogens is 2. The minimum absolute atomic E-state index is 0.0105. The number of pyridine rings is 1. The Balaban J connectivity index is 0.00000216. The van der Waals surface area contributed by atoms with E-state index < -0.39 is 33.4 Å². The molecule has 1 amide bonds. The minimum Gasteiger partial charge on any atom is -0.444 e. The smallest absolute Gasteiger partial charge is 0.410 e. The fourth-order valence-corrected chi connectivity index (χ4v) is 5.20. The molecule has 1 N–H and O–H groups in total. The van der Waals surface area contributed by atoms with E-state index in [0.717, 1.165) is 21.7 Å². The summed E-state index contributed by atoms with van der Waals surface area (Å²) < 4.78 is 61.9. The maximum absolute atomic E-state index is 14.4. The molecule has 0 spiro atoms. The van der Waals surface area contributed by atoms with Crippen LogP contribution in [0.2, 0.25) is 0 Å². The third-order valence-corrected chi connectivity index (χ3v) is 7.22. The molecule has 0 fully saturated rings. The number of hydrogen-bond acceptors (Lipinski definition) is 6. The monoisotopic (exact) mass is 572 g/mol. The topological polar surface area (TPSA) is 93.5 Å². The highest BCUT2D eigenvalue weighted by Crippen LogP contribution is 2.30. The van der Waals surface area contributed by atoms with Crippen LogP contribution in [0, 0.1) is 18.6 Å². The lowest BCUT2D eigenvalue weighted by molar-refractivity contribution is 0.0285. The highest BCUT2D eigenvalue weighted by Gasteiger charge is 2.25. The molecule has 2 aromatic carbocycles. The van der Waals surface area contributed by atoms with Crippen LogP contribution in [0.15, 0.2) is 65.8 Å². The molecular weight excluding hydrogens is 538 g/mol. The molecular formula is C29H34F2N4O4S. The number of carbonyl (C=O) groups excluding carboxylic acids is 1. The number of rotatable bonds is 6. The molecule has 8 nitrogen and oxygen atoms in total. The van der Waals surface area contributed by atoms with E-state index in [1.807, 2.05) is 13.8 Å². The van der Waals surface area contributed by atoms with Crippen molar-refractivity contribution in [2.45, 2.75) is 58.6 Å². The molecule has 0 aliphatic rings. The number of amides is 1. The lowest BCUT2D eigenvalue weighted by Gasteiger charge is -2.24. The lowest BCUT2D eigenvalue weighted by Crippen LogP contribution is -2.33. The maximum atomic E-state index is 14.4. The molecule has 11 heteroatoms. The Morgan fingerprint density at radius 1 is 1.10 bits per heavy atom. The summed E-state index contributed by atoms with van der Waals surface area (Å²) in [4.78, 5) is 18.0. The molecule has 0 aliphatic heterocycles. The van der Waals surface area contributed by atoms with Crippen molar-refractivity contribution in [2.75, 3.05) is 12.4 Å². The number of hydrogen-bond donors (Lipinski definition) is 1. The molecule has 4 aromatic rings. The normalized spacial score (nSPS) is 11.5. The van der Waals surface area contributed by atoms with Gasteiger partial charge in [-0.2, -0.15) is 0 Å². The van der Waals surface area contributed by atoms with Crippen LogP contribution in [0.25, 0.3) is 11.0 Å². The van der Waals surface area contributed by atoms with E-state index in [4.69, 9.17) is 4.74 Å². The number of benzene rings is 2. The zero-order valence-electron chi connectivity index (χ0n) is 23.6. The average Bonchev–Trinajstić information content (AvgIpc) is 3.24.